The van der Waals surface area contributed by atoms with Crippen molar-refractivity contribution in [3.05, 3.63) is 24.0 Å². The van der Waals surface area contributed by atoms with E-state index in [1.54, 1.807) is 6.20 Å². The van der Waals surface area contributed by atoms with Crippen LogP contribution in [0.5, 0.6) is 0 Å². The summed E-state index contributed by atoms with van der Waals surface area (Å²) in [5, 5.41) is 3.33. The second-order valence-electron chi connectivity index (χ2n) is 5.23. The van der Waals surface area contributed by atoms with Crippen LogP contribution in [0.1, 0.15) is 32.3 Å². The van der Waals surface area contributed by atoms with Crippen molar-refractivity contribution in [2.24, 2.45) is 0 Å². The van der Waals surface area contributed by atoms with Gasteiger partial charge in [0, 0.05) is 18.8 Å². The number of carbonyl (C=O) groups is 1. The minimum atomic E-state index is -0.0562. The predicted molar refractivity (Wildman–Crippen MR) is 72.6 cm³/mol. The van der Waals surface area contributed by atoms with Crippen LogP contribution in [0, 0.1) is 6.92 Å². The van der Waals surface area contributed by atoms with Crippen LogP contribution in [0.25, 0.3) is 0 Å². The third-order valence-corrected chi connectivity index (χ3v) is 3.15. The van der Waals surface area contributed by atoms with Crippen molar-refractivity contribution >= 4 is 11.6 Å². The van der Waals surface area contributed by atoms with E-state index in [1.165, 1.54) is 0 Å². The number of aromatic nitrogens is 1. The van der Waals surface area contributed by atoms with E-state index < -0.39 is 0 Å². The lowest BCUT2D eigenvalue weighted by molar-refractivity contribution is -0.121. The average molecular weight is 247 g/mol. The van der Waals surface area contributed by atoms with Gasteiger partial charge in [-0.25, -0.2) is 0 Å². The fourth-order valence-corrected chi connectivity index (χ4v) is 2.38. The second-order valence-corrected chi connectivity index (χ2v) is 5.23. The van der Waals surface area contributed by atoms with Crippen molar-refractivity contribution in [2.45, 2.75) is 45.7 Å². The number of nitrogens with one attached hydrogen (secondary N) is 1. The molecule has 0 aliphatic carbocycles. The summed E-state index contributed by atoms with van der Waals surface area (Å²) in [5.74, 6) is 0.169. The van der Waals surface area contributed by atoms with Crippen LogP contribution in [0.3, 0.4) is 0 Å². The van der Waals surface area contributed by atoms with Crippen LogP contribution in [-0.2, 0) is 4.79 Å². The summed E-state index contributed by atoms with van der Waals surface area (Å²) in [6.07, 6.45) is 5.53. The molecule has 18 heavy (non-hydrogen) atoms. The number of carbonyl (C=O) groups excluding carboxylic acids is 1. The predicted octanol–water partition coefficient (Wildman–Crippen LogP) is 1.88. The highest BCUT2D eigenvalue weighted by Gasteiger charge is 2.29. The summed E-state index contributed by atoms with van der Waals surface area (Å²) in [7, 11) is 0. The lowest BCUT2D eigenvalue weighted by Crippen LogP contribution is -2.52. The zero-order valence-electron chi connectivity index (χ0n) is 11.3. The molecule has 0 spiro atoms. The van der Waals surface area contributed by atoms with E-state index in [9.17, 15) is 4.79 Å². The van der Waals surface area contributed by atoms with Gasteiger partial charge in [0.05, 0.1) is 17.9 Å². The van der Waals surface area contributed by atoms with Gasteiger partial charge in [-0.05, 0) is 31.4 Å². The molecule has 2 heterocycles. The second kappa shape index (κ2) is 5.48. The number of amides is 1. The normalized spacial score (nSPS) is 20.6. The molecule has 1 N–H and O–H groups in total. The minimum Gasteiger partial charge on any atom is -0.310 e. The molecule has 0 radical (unpaired) electrons. The fraction of sp³-hybridized carbons (Fsp3) is 0.571. The molecule has 1 aromatic rings. The molecule has 4 heteroatoms. The van der Waals surface area contributed by atoms with Crippen LogP contribution in [-0.4, -0.2) is 29.5 Å². The summed E-state index contributed by atoms with van der Waals surface area (Å²) in [6.45, 7) is 6.93. The van der Waals surface area contributed by atoms with Crippen LogP contribution in [0.2, 0.25) is 0 Å². The van der Waals surface area contributed by atoms with Crippen LogP contribution in [0.4, 0.5) is 5.69 Å². The Bertz CT molecular complexity index is 431. The maximum atomic E-state index is 12.4. The van der Waals surface area contributed by atoms with E-state index in [0.717, 1.165) is 30.6 Å². The molecular formula is C14H21N3O. The fourth-order valence-electron chi connectivity index (χ4n) is 2.38. The van der Waals surface area contributed by atoms with Gasteiger partial charge in [-0.3, -0.25) is 9.78 Å². The average Bonchev–Trinajstić information content (AvgIpc) is 2.31. The Hall–Kier alpha value is -1.42. The van der Waals surface area contributed by atoms with Gasteiger partial charge in [0.15, 0.2) is 0 Å². The van der Waals surface area contributed by atoms with Gasteiger partial charge in [0.2, 0.25) is 5.91 Å². The number of rotatable bonds is 3. The first-order valence-electron chi connectivity index (χ1n) is 6.57. The monoisotopic (exact) mass is 247 g/mol. The molecule has 98 valence electrons. The minimum absolute atomic E-state index is 0.0562. The molecule has 0 aromatic carbocycles. The van der Waals surface area contributed by atoms with Crippen LogP contribution < -0.4 is 10.2 Å². The first-order chi connectivity index (χ1) is 8.58. The van der Waals surface area contributed by atoms with Crippen molar-refractivity contribution in [1.29, 1.82) is 0 Å². The summed E-state index contributed by atoms with van der Waals surface area (Å²) < 4.78 is 0. The maximum absolute atomic E-state index is 12.4. The number of hydrogen-bond donors (Lipinski definition) is 1. The number of aryl methyl sites for hydroxylation is 1. The lowest BCUT2D eigenvalue weighted by atomic mass is 10.0. The number of hydrogen-bond acceptors (Lipinski definition) is 3. The highest BCUT2D eigenvalue weighted by molar-refractivity contribution is 5.97. The first kappa shape index (κ1) is 13.0. The van der Waals surface area contributed by atoms with Crippen molar-refractivity contribution in [2.75, 3.05) is 11.4 Å². The lowest BCUT2D eigenvalue weighted by Gasteiger charge is -2.33. The highest BCUT2D eigenvalue weighted by Crippen LogP contribution is 2.21. The molecule has 1 saturated heterocycles. The van der Waals surface area contributed by atoms with Gasteiger partial charge >= 0.3 is 0 Å². The number of pyridine rings is 1. The Kier molecular flexibility index (Phi) is 3.97. The van der Waals surface area contributed by atoms with Crippen molar-refractivity contribution in [1.82, 2.24) is 10.3 Å². The maximum Gasteiger partial charge on any atom is 0.244 e. The first-order valence-corrected chi connectivity index (χ1v) is 6.57. The SMILES string of the molecule is Cc1cncc(N2CCCC(NC(C)C)C2=O)c1. The van der Waals surface area contributed by atoms with E-state index in [4.69, 9.17) is 0 Å². The molecule has 1 unspecified atom stereocenters. The zero-order chi connectivity index (χ0) is 13.1. The third kappa shape index (κ3) is 2.88. The molecule has 1 aromatic heterocycles. The molecule has 1 aliphatic heterocycles. The summed E-state index contributed by atoms with van der Waals surface area (Å²) in [5.41, 5.74) is 1.99. The molecule has 0 saturated carbocycles. The Morgan fingerprint density at radius 3 is 2.89 bits per heavy atom. The Morgan fingerprint density at radius 2 is 2.22 bits per heavy atom. The van der Waals surface area contributed by atoms with Gasteiger partial charge in [0.1, 0.15) is 0 Å². The molecule has 1 amide bonds. The Morgan fingerprint density at radius 1 is 1.44 bits per heavy atom. The Labute approximate surface area is 108 Å². The van der Waals surface area contributed by atoms with Crippen molar-refractivity contribution in [3.63, 3.8) is 0 Å². The highest BCUT2D eigenvalue weighted by atomic mass is 16.2. The van der Waals surface area contributed by atoms with E-state index >= 15 is 0 Å². The molecule has 1 fully saturated rings. The van der Waals surface area contributed by atoms with E-state index in [-0.39, 0.29) is 11.9 Å². The number of nitrogens with zero attached hydrogens (tertiary/aromatic N) is 2. The third-order valence-electron chi connectivity index (χ3n) is 3.15. The molecular weight excluding hydrogens is 226 g/mol. The van der Waals surface area contributed by atoms with Crippen molar-refractivity contribution < 1.29 is 4.79 Å². The summed E-state index contributed by atoms with van der Waals surface area (Å²) in [6, 6.07) is 2.29. The van der Waals surface area contributed by atoms with Crippen LogP contribution >= 0.6 is 0 Å². The molecule has 1 atom stereocenters. The van der Waals surface area contributed by atoms with E-state index in [2.05, 4.69) is 24.1 Å². The quantitative estimate of drug-likeness (QED) is 0.887. The van der Waals surface area contributed by atoms with Gasteiger partial charge in [-0.1, -0.05) is 13.8 Å². The van der Waals surface area contributed by atoms with E-state index in [0.29, 0.717) is 6.04 Å². The van der Waals surface area contributed by atoms with Gasteiger partial charge in [-0.15, -0.1) is 0 Å². The smallest absolute Gasteiger partial charge is 0.244 e. The molecule has 0 bridgehead atoms. The largest absolute Gasteiger partial charge is 0.310 e. The standard InChI is InChI=1S/C14H21N3O/c1-10(2)16-13-5-4-6-17(14(13)18)12-7-11(3)8-15-9-12/h7-10,13,16H,4-6H2,1-3H3. The number of anilines is 1. The Balaban J connectivity index is 2.16. The van der Waals surface area contributed by atoms with E-state index in [1.807, 2.05) is 24.1 Å². The van der Waals surface area contributed by atoms with Crippen molar-refractivity contribution in [3.8, 4) is 0 Å². The van der Waals surface area contributed by atoms with Gasteiger partial charge < -0.3 is 10.2 Å². The number of piperidine rings is 1. The topological polar surface area (TPSA) is 45.2 Å². The summed E-state index contributed by atoms with van der Waals surface area (Å²) >= 11 is 0. The molecule has 1 aliphatic rings. The molecule has 4 nitrogen and oxygen atoms in total. The summed E-state index contributed by atoms with van der Waals surface area (Å²) in [4.78, 5) is 18.4. The zero-order valence-corrected chi connectivity index (χ0v) is 11.3. The van der Waals surface area contributed by atoms with Gasteiger partial charge in [0.25, 0.3) is 0 Å². The molecule has 2 rings (SSSR count). The van der Waals surface area contributed by atoms with Gasteiger partial charge in [-0.2, -0.15) is 0 Å². The van der Waals surface area contributed by atoms with Crippen LogP contribution in [0.15, 0.2) is 18.5 Å².